The molecule has 0 saturated carbocycles. The van der Waals surface area contributed by atoms with Gasteiger partial charge in [-0.05, 0) is 12.1 Å². The summed E-state index contributed by atoms with van der Waals surface area (Å²) >= 11 is 3.43. The number of pyridine rings is 1. The number of nitrogens with zero attached hydrogens (tertiary/aromatic N) is 1. The molecule has 1 aliphatic heterocycles. The fourth-order valence-corrected chi connectivity index (χ4v) is 2.16. The molecule has 3 nitrogen and oxygen atoms in total. The smallest absolute Gasteiger partial charge is 0.257 e. The third-order valence-electron chi connectivity index (χ3n) is 2.36. The van der Waals surface area contributed by atoms with Crippen LogP contribution in [0.5, 0.6) is 0 Å². The Morgan fingerprint density at radius 1 is 1.29 bits per heavy atom. The summed E-state index contributed by atoms with van der Waals surface area (Å²) in [6.07, 6.45) is 3.35. The van der Waals surface area contributed by atoms with Crippen LogP contribution >= 0.6 is 15.9 Å². The molecule has 2 heterocycles. The monoisotopic (exact) mass is 248 g/mol. The van der Waals surface area contributed by atoms with Gasteiger partial charge in [0, 0.05) is 33.3 Å². The second kappa shape index (κ2) is 2.54. The van der Waals surface area contributed by atoms with E-state index in [1.54, 1.807) is 12.4 Å². The van der Waals surface area contributed by atoms with E-state index < -0.39 is 0 Å². The number of benzene rings is 1. The van der Waals surface area contributed by atoms with E-state index in [-0.39, 0.29) is 5.91 Å². The topological polar surface area (TPSA) is 42.0 Å². The second-order valence-electron chi connectivity index (χ2n) is 3.16. The Bertz CT molecular complexity index is 565. The number of carbonyl (C=O) groups is 1. The van der Waals surface area contributed by atoms with Crippen LogP contribution < -0.4 is 5.32 Å². The SMILES string of the molecule is O=C1Nc2ccc(Br)c3cncc1c23. The van der Waals surface area contributed by atoms with Crippen molar-refractivity contribution in [2.45, 2.75) is 0 Å². The van der Waals surface area contributed by atoms with E-state index in [4.69, 9.17) is 0 Å². The first-order chi connectivity index (χ1) is 6.77. The maximum Gasteiger partial charge on any atom is 0.257 e. The van der Waals surface area contributed by atoms with Gasteiger partial charge in [0.15, 0.2) is 0 Å². The van der Waals surface area contributed by atoms with Crippen LogP contribution in [0.1, 0.15) is 10.4 Å². The van der Waals surface area contributed by atoms with Crippen molar-refractivity contribution in [2.24, 2.45) is 0 Å². The highest BCUT2D eigenvalue weighted by Gasteiger charge is 2.22. The van der Waals surface area contributed by atoms with Crippen LogP contribution in [0.4, 0.5) is 5.69 Å². The Morgan fingerprint density at radius 2 is 2.14 bits per heavy atom. The summed E-state index contributed by atoms with van der Waals surface area (Å²) in [5.74, 6) is -0.0730. The van der Waals surface area contributed by atoms with E-state index in [0.717, 1.165) is 20.9 Å². The van der Waals surface area contributed by atoms with Gasteiger partial charge in [-0.25, -0.2) is 0 Å². The Labute approximate surface area is 88.3 Å². The van der Waals surface area contributed by atoms with Crippen molar-refractivity contribution < 1.29 is 4.79 Å². The third kappa shape index (κ3) is 0.861. The Morgan fingerprint density at radius 3 is 3.00 bits per heavy atom. The molecule has 0 radical (unpaired) electrons. The fourth-order valence-electron chi connectivity index (χ4n) is 1.73. The number of amides is 1. The van der Waals surface area contributed by atoms with E-state index in [9.17, 15) is 4.79 Å². The molecule has 14 heavy (non-hydrogen) atoms. The van der Waals surface area contributed by atoms with E-state index in [1.807, 2.05) is 12.1 Å². The number of anilines is 1. The van der Waals surface area contributed by atoms with Crippen LogP contribution in [-0.4, -0.2) is 10.9 Å². The number of carbonyl (C=O) groups excluding carboxylic acids is 1. The lowest BCUT2D eigenvalue weighted by atomic mass is 10.1. The molecule has 0 saturated heterocycles. The first-order valence-electron chi connectivity index (χ1n) is 4.15. The van der Waals surface area contributed by atoms with E-state index in [1.165, 1.54) is 0 Å². The largest absolute Gasteiger partial charge is 0.321 e. The van der Waals surface area contributed by atoms with Crippen LogP contribution in [0, 0.1) is 0 Å². The lowest BCUT2D eigenvalue weighted by Gasteiger charge is -2.00. The summed E-state index contributed by atoms with van der Waals surface area (Å²) in [6.45, 7) is 0. The zero-order valence-corrected chi connectivity index (χ0v) is 8.63. The fraction of sp³-hybridized carbons (Fsp3) is 0. The summed E-state index contributed by atoms with van der Waals surface area (Å²) in [5.41, 5.74) is 1.52. The molecule has 1 aromatic heterocycles. The van der Waals surface area contributed by atoms with Crippen molar-refractivity contribution in [2.75, 3.05) is 5.32 Å². The van der Waals surface area contributed by atoms with Gasteiger partial charge in [0.2, 0.25) is 0 Å². The number of nitrogens with one attached hydrogen (secondary N) is 1. The van der Waals surface area contributed by atoms with Crippen molar-refractivity contribution in [3.8, 4) is 0 Å². The van der Waals surface area contributed by atoms with Gasteiger partial charge in [-0.3, -0.25) is 9.78 Å². The summed E-state index contributed by atoms with van der Waals surface area (Å²) in [4.78, 5) is 15.5. The Kier molecular flexibility index (Phi) is 1.44. The van der Waals surface area contributed by atoms with Crippen LogP contribution in [0.15, 0.2) is 29.0 Å². The van der Waals surface area contributed by atoms with Gasteiger partial charge < -0.3 is 5.32 Å². The first kappa shape index (κ1) is 7.94. The minimum atomic E-state index is -0.0730. The minimum Gasteiger partial charge on any atom is -0.321 e. The van der Waals surface area contributed by atoms with E-state index in [0.29, 0.717) is 5.56 Å². The highest BCUT2D eigenvalue weighted by Crippen LogP contribution is 2.35. The number of rotatable bonds is 0. The predicted octanol–water partition coefficient (Wildman–Crippen LogP) is 2.56. The molecular formula is C10H5BrN2O. The first-order valence-corrected chi connectivity index (χ1v) is 4.94. The second-order valence-corrected chi connectivity index (χ2v) is 4.01. The average molecular weight is 249 g/mol. The van der Waals surface area contributed by atoms with Gasteiger partial charge in [0.25, 0.3) is 5.91 Å². The molecule has 0 unspecified atom stereocenters. The molecule has 0 atom stereocenters. The zero-order chi connectivity index (χ0) is 9.71. The normalized spacial score (nSPS) is 13.4. The highest BCUT2D eigenvalue weighted by molar-refractivity contribution is 9.10. The average Bonchev–Trinajstić information content (AvgIpc) is 2.52. The van der Waals surface area contributed by atoms with Gasteiger partial charge in [-0.15, -0.1) is 0 Å². The van der Waals surface area contributed by atoms with E-state index in [2.05, 4.69) is 26.2 Å². The van der Waals surface area contributed by atoms with Crippen LogP contribution in [0.3, 0.4) is 0 Å². The van der Waals surface area contributed by atoms with Crippen LogP contribution in [0.2, 0.25) is 0 Å². The van der Waals surface area contributed by atoms with Crippen molar-refractivity contribution in [3.63, 3.8) is 0 Å². The van der Waals surface area contributed by atoms with Gasteiger partial charge in [-0.1, -0.05) is 15.9 Å². The third-order valence-corrected chi connectivity index (χ3v) is 3.05. The standard InChI is InChI=1S/C10H5BrN2O/c11-7-1-2-8-9-5(7)3-12-4-6(9)10(14)13-8/h1-4H,(H,13,14). The zero-order valence-electron chi connectivity index (χ0n) is 7.04. The molecule has 1 aliphatic rings. The molecule has 2 aromatic rings. The number of aromatic nitrogens is 1. The van der Waals surface area contributed by atoms with Crippen molar-refractivity contribution in [1.29, 1.82) is 0 Å². The molecule has 1 N–H and O–H groups in total. The summed E-state index contributed by atoms with van der Waals surface area (Å²) < 4.78 is 0.960. The van der Waals surface area contributed by atoms with Crippen LogP contribution in [0.25, 0.3) is 10.8 Å². The van der Waals surface area contributed by atoms with Gasteiger partial charge in [0.1, 0.15) is 0 Å². The molecule has 4 heteroatoms. The maximum absolute atomic E-state index is 11.5. The molecule has 1 aromatic carbocycles. The van der Waals surface area contributed by atoms with Crippen LogP contribution in [-0.2, 0) is 0 Å². The Hall–Kier alpha value is -1.42. The number of hydrogen-bond acceptors (Lipinski definition) is 2. The van der Waals surface area contributed by atoms with Crippen molar-refractivity contribution >= 4 is 38.3 Å². The predicted molar refractivity (Wildman–Crippen MR) is 57.4 cm³/mol. The van der Waals surface area contributed by atoms with Crippen molar-refractivity contribution in [1.82, 2.24) is 4.98 Å². The lowest BCUT2D eigenvalue weighted by Crippen LogP contribution is -2.03. The van der Waals surface area contributed by atoms with Gasteiger partial charge >= 0.3 is 0 Å². The molecule has 0 fully saturated rings. The molecule has 3 rings (SSSR count). The number of hydrogen-bond donors (Lipinski definition) is 1. The molecule has 0 aliphatic carbocycles. The quantitative estimate of drug-likeness (QED) is 0.779. The summed E-state index contributed by atoms with van der Waals surface area (Å²) in [5, 5.41) is 4.73. The lowest BCUT2D eigenvalue weighted by molar-refractivity contribution is 0.103. The summed E-state index contributed by atoms with van der Waals surface area (Å²) in [6, 6.07) is 3.80. The molecular weight excluding hydrogens is 244 g/mol. The van der Waals surface area contributed by atoms with Crippen molar-refractivity contribution in [3.05, 3.63) is 34.6 Å². The number of halogens is 1. The Balaban J connectivity index is 2.58. The molecule has 0 spiro atoms. The van der Waals surface area contributed by atoms with E-state index >= 15 is 0 Å². The summed E-state index contributed by atoms with van der Waals surface area (Å²) in [7, 11) is 0. The van der Waals surface area contributed by atoms with Gasteiger partial charge in [-0.2, -0.15) is 0 Å². The molecule has 1 amide bonds. The highest BCUT2D eigenvalue weighted by atomic mass is 79.9. The maximum atomic E-state index is 11.5. The molecule has 68 valence electrons. The molecule has 0 bridgehead atoms. The minimum absolute atomic E-state index is 0.0730. The van der Waals surface area contributed by atoms with Gasteiger partial charge in [0.05, 0.1) is 5.56 Å².